The summed E-state index contributed by atoms with van der Waals surface area (Å²) in [4.78, 5) is 4.77. The molecule has 0 unspecified atom stereocenters. The second-order valence-electron chi connectivity index (χ2n) is 4.71. The minimum Gasteiger partial charge on any atom is -0.372 e. The minimum absolute atomic E-state index is 0.0706. The molecular formula is C13H18N6O4S. The number of nitrogens with one attached hydrogen (secondary N) is 1. The van der Waals surface area contributed by atoms with Crippen molar-refractivity contribution in [3.05, 3.63) is 30.6 Å². The monoisotopic (exact) mass is 354 g/mol. The molecule has 0 saturated heterocycles. The molecule has 1 aromatic heterocycles. The van der Waals surface area contributed by atoms with Gasteiger partial charge in [0.05, 0.1) is 12.3 Å². The average Bonchev–Trinajstić information content (AvgIpc) is 3.06. The van der Waals surface area contributed by atoms with Gasteiger partial charge in [-0.1, -0.05) is 0 Å². The molecule has 0 atom stereocenters. The van der Waals surface area contributed by atoms with Crippen LogP contribution < -0.4 is 4.90 Å². The summed E-state index contributed by atoms with van der Waals surface area (Å²) >= 11 is 0. The molecule has 0 fully saturated rings. The van der Waals surface area contributed by atoms with Gasteiger partial charge in [-0.15, -0.1) is 20.4 Å². The van der Waals surface area contributed by atoms with Gasteiger partial charge in [0.2, 0.25) is 0 Å². The third-order valence-corrected chi connectivity index (χ3v) is 3.53. The maximum atomic E-state index is 10.5. The smallest absolute Gasteiger partial charge is 0.372 e. The summed E-state index contributed by atoms with van der Waals surface area (Å²) < 4.78 is 33.8. The maximum absolute atomic E-state index is 10.5. The van der Waals surface area contributed by atoms with Crippen LogP contribution in [0.1, 0.15) is 13.3 Å². The van der Waals surface area contributed by atoms with Crippen molar-refractivity contribution in [1.29, 1.82) is 0 Å². The van der Waals surface area contributed by atoms with Crippen LogP contribution in [0.4, 0.5) is 17.3 Å². The molecule has 2 aromatic rings. The van der Waals surface area contributed by atoms with E-state index in [-0.39, 0.29) is 6.61 Å². The molecule has 0 saturated carbocycles. The van der Waals surface area contributed by atoms with E-state index in [1.54, 1.807) is 0 Å². The van der Waals surface area contributed by atoms with Gasteiger partial charge in [-0.05, 0) is 37.6 Å². The summed E-state index contributed by atoms with van der Waals surface area (Å²) in [6.07, 6.45) is 1.88. The van der Waals surface area contributed by atoms with Gasteiger partial charge in [-0.25, -0.2) is 4.18 Å². The first-order valence-electron chi connectivity index (χ1n) is 7.22. The fourth-order valence-corrected chi connectivity index (χ4v) is 2.30. The zero-order chi connectivity index (χ0) is 17.4. The lowest BCUT2D eigenvalue weighted by Gasteiger charge is -2.22. The van der Waals surface area contributed by atoms with E-state index in [1.165, 1.54) is 6.33 Å². The summed E-state index contributed by atoms with van der Waals surface area (Å²) in [7, 11) is -4.38. The Labute approximate surface area is 139 Å². The molecular weight excluding hydrogens is 336 g/mol. The van der Waals surface area contributed by atoms with E-state index >= 15 is 0 Å². The number of hydrogen-bond acceptors (Lipinski definition) is 8. The molecule has 1 heterocycles. The summed E-state index contributed by atoms with van der Waals surface area (Å²) in [6, 6.07) is 7.41. The Kier molecular flexibility index (Phi) is 6.35. The van der Waals surface area contributed by atoms with Gasteiger partial charge in [0.1, 0.15) is 6.33 Å². The van der Waals surface area contributed by atoms with E-state index in [9.17, 15) is 8.42 Å². The van der Waals surface area contributed by atoms with Gasteiger partial charge < -0.3 is 9.88 Å². The molecule has 2 rings (SSSR count). The van der Waals surface area contributed by atoms with Gasteiger partial charge in [-0.3, -0.25) is 4.55 Å². The van der Waals surface area contributed by atoms with Crippen LogP contribution in [0.15, 0.2) is 40.8 Å². The normalized spacial score (nSPS) is 11.9. The number of benzene rings is 1. The van der Waals surface area contributed by atoms with E-state index < -0.39 is 10.4 Å². The van der Waals surface area contributed by atoms with Crippen molar-refractivity contribution in [2.75, 3.05) is 24.6 Å². The first kappa shape index (κ1) is 18.0. The van der Waals surface area contributed by atoms with Gasteiger partial charge in [0.25, 0.3) is 5.95 Å². The van der Waals surface area contributed by atoms with E-state index in [0.717, 1.165) is 12.2 Å². The fourth-order valence-electron chi connectivity index (χ4n) is 1.97. The lowest BCUT2D eigenvalue weighted by Crippen LogP contribution is -2.25. The molecule has 10 nitrogen and oxygen atoms in total. The van der Waals surface area contributed by atoms with E-state index in [4.69, 9.17) is 4.55 Å². The molecule has 130 valence electrons. The molecule has 0 aliphatic heterocycles. The van der Waals surface area contributed by atoms with Crippen LogP contribution in [0.3, 0.4) is 0 Å². The summed E-state index contributed by atoms with van der Waals surface area (Å²) in [5.74, 6) is 0.327. The van der Waals surface area contributed by atoms with Crippen molar-refractivity contribution in [2.24, 2.45) is 10.2 Å². The van der Waals surface area contributed by atoms with Crippen molar-refractivity contribution in [3.8, 4) is 0 Å². The Balaban J connectivity index is 1.89. The molecule has 0 amide bonds. The molecule has 11 heteroatoms. The highest BCUT2D eigenvalue weighted by atomic mass is 32.3. The van der Waals surface area contributed by atoms with Crippen LogP contribution in [0.5, 0.6) is 0 Å². The van der Waals surface area contributed by atoms with Crippen molar-refractivity contribution in [3.63, 3.8) is 0 Å². The highest BCUT2D eigenvalue weighted by molar-refractivity contribution is 7.80. The van der Waals surface area contributed by atoms with Crippen LogP contribution in [-0.2, 0) is 14.6 Å². The largest absolute Gasteiger partial charge is 0.397 e. The molecule has 0 aliphatic rings. The number of aromatic amines is 1. The third kappa shape index (κ3) is 6.02. The number of nitrogens with zero attached hydrogens (tertiary/aromatic N) is 5. The predicted molar refractivity (Wildman–Crippen MR) is 87.0 cm³/mol. The van der Waals surface area contributed by atoms with Crippen LogP contribution in [0.2, 0.25) is 0 Å². The average molecular weight is 354 g/mol. The van der Waals surface area contributed by atoms with Crippen LogP contribution in [0.25, 0.3) is 0 Å². The van der Waals surface area contributed by atoms with Crippen molar-refractivity contribution in [1.82, 2.24) is 15.2 Å². The van der Waals surface area contributed by atoms with E-state index in [1.807, 2.05) is 36.1 Å². The van der Waals surface area contributed by atoms with Crippen molar-refractivity contribution < 1.29 is 17.2 Å². The molecule has 0 aliphatic carbocycles. The zero-order valence-corrected chi connectivity index (χ0v) is 13.8. The predicted octanol–water partition coefficient (Wildman–Crippen LogP) is 2.26. The third-order valence-electron chi connectivity index (χ3n) is 3.07. The standard InChI is InChI=1S/C13H18N6O4S/c1-2-19(8-3-9-23-24(20,21)22)12-6-4-11(5-7-12)16-18-13-14-10-15-17-13/h4-7,10H,2-3,8-9H2,1H3,(H,14,15,17)(H,20,21,22)/b18-16+. The zero-order valence-electron chi connectivity index (χ0n) is 13.0. The lowest BCUT2D eigenvalue weighted by atomic mass is 10.2. The Hall–Kier alpha value is -2.37. The van der Waals surface area contributed by atoms with Gasteiger partial charge in [0.15, 0.2) is 0 Å². The number of H-pyrrole nitrogens is 1. The minimum atomic E-state index is -4.38. The Morgan fingerprint density at radius 1 is 1.29 bits per heavy atom. The number of aromatic nitrogens is 3. The summed E-state index contributed by atoms with van der Waals surface area (Å²) in [5, 5.41) is 15.2. The summed E-state index contributed by atoms with van der Waals surface area (Å²) in [6.45, 7) is 3.25. The second-order valence-corrected chi connectivity index (χ2v) is 5.80. The van der Waals surface area contributed by atoms with Gasteiger partial charge in [0, 0.05) is 18.8 Å². The molecule has 0 bridgehead atoms. The quantitative estimate of drug-likeness (QED) is 0.401. The highest BCUT2D eigenvalue weighted by Crippen LogP contribution is 2.21. The molecule has 0 radical (unpaired) electrons. The van der Waals surface area contributed by atoms with Crippen molar-refractivity contribution in [2.45, 2.75) is 13.3 Å². The van der Waals surface area contributed by atoms with Gasteiger partial charge in [-0.2, -0.15) is 8.42 Å². The van der Waals surface area contributed by atoms with Crippen LogP contribution in [0, 0.1) is 0 Å². The molecule has 24 heavy (non-hydrogen) atoms. The van der Waals surface area contributed by atoms with Crippen molar-refractivity contribution >= 4 is 27.7 Å². The Morgan fingerprint density at radius 3 is 2.62 bits per heavy atom. The first-order chi connectivity index (χ1) is 11.5. The highest BCUT2D eigenvalue weighted by Gasteiger charge is 2.07. The number of rotatable bonds is 9. The SMILES string of the molecule is CCN(CCCOS(=O)(=O)O)c1ccc(/N=N/c2nnc[nH]2)cc1. The number of azo groups is 1. The number of anilines is 1. The fraction of sp³-hybridized carbons (Fsp3) is 0.385. The molecule has 2 N–H and O–H groups in total. The summed E-state index contributed by atoms with van der Waals surface area (Å²) in [5.41, 5.74) is 1.63. The van der Waals surface area contributed by atoms with Gasteiger partial charge >= 0.3 is 10.4 Å². The second kappa shape index (κ2) is 8.47. The first-order valence-corrected chi connectivity index (χ1v) is 8.59. The Bertz CT molecular complexity index is 745. The van der Waals surface area contributed by atoms with E-state index in [0.29, 0.717) is 24.6 Å². The topological polar surface area (TPSA) is 133 Å². The maximum Gasteiger partial charge on any atom is 0.397 e. The van der Waals surface area contributed by atoms with E-state index in [2.05, 4.69) is 29.6 Å². The lowest BCUT2D eigenvalue weighted by molar-refractivity contribution is 0.266. The molecule has 0 spiro atoms. The van der Waals surface area contributed by atoms with Crippen LogP contribution >= 0.6 is 0 Å². The Morgan fingerprint density at radius 2 is 2.04 bits per heavy atom. The molecule has 1 aromatic carbocycles. The number of hydrogen-bond donors (Lipinski definition) is 2. The van der Waals surface area contributed by atoms with Crippen LogP contribution in [-0.4, -0.2) is 47.8 Å².